The van der Waals surface area contributed by atoms with Crippen LogP contribution in [0.2, 0.25) is 0 Å². The van der Waals surface area contributed by atoms with E-state index in [2.05, 4.69) is 24.0 Å². The number of nitrogens with zero attached hydrogens (tertiary/aromatic N) is 1. The summed E-state index contributed by atoms with van der Waals surface area (Å²) in [5.41, 5.74) is 0.908. The molecule has 0 saturated carbocycles. The van der Waals surface area contributed by atoms with Gasteiger partial charge in [0.25, 0.3) is 0 Å². The zero-order valence-corrected chi connectivity index (χ0v) is 21.5. The van der Waals surface area contributed by atoms with Gasteiger partial charge >= 0.3 is 5.97 Å². The number of para-hydroxylation sites is 1. The maximum Gasteiger partial charge on any atom is 0.307 e. The molecule has 35 heavy (non-hydrogen) atoms. The highest BCUT2D eigenvalue weighted by Crippen LogP contribution is 2.46. The highest BCUT2D eigenvalue weighted by Gasteiger charge is 2.43. The van der Waals surface area contributed by atoms with Gasteiger partial charge in [-0.25, -0.2) is 0 Å². The van der Waals surface area contributed by atoms with E-state index in [1.807, 2.05) is 57.2 Å². The number of likely N-dealkylation sites (tertiary alicyclic amines) is 1. The molecule has 0 bridgehead atoms. The van der Waals surface area contributed by atoms with Crippen molar-refractivity contribution in [2.75, 3.05) is 32.8 Å². The lowest BCUT2D eigenvalue weighted by molar-refractivity contribution is -0.155. The van der Waals surface area contributed by atoms with Gasteiger partial charge in [-0.05, 0) is 71.3 Å². The second kappa shape index (κ2) is 10.9. The molecule has 0 aromatic heterocycles. The molecule has 0 radical (unpaired) electrons. The van der Waals surface area contributed by atoms with Crippen LogP contribution in [0.3, 0.4) is 0 Å². The van der Waals surface area contributed by atoms with Gasteiger partial charge in [0.15, 0.2) is 0 Å². The number of esters is 1. The number of ether oxygens (including phenoxy) is 4. The molecule has 0 N–H and O–H groups in total. The Hall–Kier alpha value is -2.73. The number of piperidine rings is 1. The first kappa shape index (κ1) is 25.4. The Balaban J connectivity index is 1.28. The summed E-state index contributed by atoms with van der Waals surface area (Å²) in [5, 5.41) is 0. The summed E-state index contributed by atoms with van der Waals surface area (Å²) < 4.78 is 23.7. The third-order valence-electron chi connectivity index (χ3n) is 6.83. The first-order valence-electron chi connectivity index (χ1n) is 12.8. The second-order valence-electron chi connectivity index (χ2n) is 10.7. The predicted octanol–water partition coefficient (Wildman–Crippen LogP) is 5.38. The number of benzene rings is 2. The zero-order chi connectivity index (χ0) is 24.9. The van der Waals surface area contributed by atoms with Gasteiger partial charge in [-0.1, -0.05) is 31.2 Å². The minimum absolute atomic E-state index is 0.0112. The minimum atomic E-state index is -0.428. The summed E-state index contributed by atoms with van der Waals surface area (Å²) in [5.74, 6) is 2.48. The fourth-order valence-corrected chi connectivity index (χ4v) is 4.82. The van der Waals surface area contributed by atoms with Gasteiger partial charge in [0.2, 0.25) is 0 Å². The third kappa shape index (κ3) is 6.69. The lowest BCUT2D eigenvalue weighted by atomic mass is 9.74. The molecule has 2 aromatic rings. The Kier molecular flexibility index (Phi) is 7.90. The maximum absolute atomic E-state index is 12.1. The van der Waals surface area contributed by atoms with E-state index >= 15 is 0 Å². The van der Waals surface area contributed by atoms with Crippen LogP contribution in [0.25, 0.3) is 0 Å². The van der Waals surface area contributed by atoms with Crippen molar-refractivity contribution < 1.29 is 23.7 Å². The van der Waals surface area contributed by atoms with Gasteiger partial charge in [0.05, 0.1) is 13.0 Å². The van der Waals surface area contributed by atoms with E-state index in [0.29, 0.717) is 19.6 Å². The Labute approximate surface area is 209 Å². The molecular formula is C29H39NO5. The van der Waals surface area contributed by atoms with Crippen LogP contribution in [0, 0.1) is 0 Å². The molecule has 1 spiro atoms. The molecule has 2 heterocycles. The van der Waals surface area contributed by atoms with Crippen LogP contribution in [0.15, 0.2) is 48.5 Å². The summed E-state index contributed by atoms with van der Waals surface area (Å²) >= 11 is 0. The van der Waals surface area contributed by atoms with Gasteiger partial charge in [0, 0.05) is 23.6 Å². The zero-order valence-electron chi connectivity index (χ0n) is 21.5. The largest absolute Gasteiger partial charge is 0.492 e. The molecule has 4 rings (SSSR count). The molecule has 6 heteroatoms. The van der Waals surface area contributed by atoms with Crippen molar-refractivity contribution in [2.24, 2.45) is 0 Å². The van der Waals surface area contributed by atoms with Crippen LogP contribution >= 0.6 is 0 Å². The predicted molar refractivity (Wildman–Crippen MR) is 136 cm³/mol. The van der Waals surface area contributed by atoms with Crippen LogP contribution in [0.4, 0.5) is 0 Å². The van der Waals surface area contributed by atoms with Crippen molar-refractivity contribution in [3.8, 4) is 17.2 Å². The normalized spacial score (nSPS) is 17.9. The third-order valence-corrected chi connectivity index (χ3v) is 6.83. The molecule has 190 valence electrons. The van der Waals surface area contributed by atoms with Gasteiger partial charge < -0.3 is 23.8 Å². The summed E-state index contributed by atoms with van der Waals surface area (Å²) in [6, 6.07) is 16.1. The highest BCUT2D eigenvalue weighted by atomic mass is 16.6. The van der Waals surface area contributed by atoms with E-state index in [1.54, 1.807) is 0 Å². The van der Waals surface area contributed by atoms with Crippen LogP contribution in [-0.4, -0.2) is 55.4 Å². The van der Waals surface area contributed by atoms with Gasteiger partial charge in [-0.3, -0.25) is 4.79 Å². The number of hydrogen-bond acceptors (Lipinski definition) is 6. The number of hydrogen-bond donors (Lipinski definition) is 0. The van der Waals surface area contributed by atoms with E-state index in [0.717, 1.165) is 56.1 Å². The molecule has 1 atom stereocenters. The minimum Gasteiger partial charge on any atom is -0.492 e. The molecule has 6 nitrogen and oxygen atoms in total. The van der Waals surface area contributed by atoms with Crippen LogP contribution < -0.4 is 14.2 Å². The van der Waals surface area contributed by atoms with E-state index in [1.165, 1.54) is 5.56 Å². The van der Waals surface area contributed by atoms with E-state index in [4.69, 9.17) is 18.9 Å². The van der Waals surface area contributed by atoms with Gasteiger partial charge in [-0.2, -0.15) is 0 Å². The molecular weight excluding hydrogens is 442 g/mol. The number of carbonyl (C=O) groups excluding carboxylic acids is 1. The Morgan fingerprint density at radius 2 is 1.83 bits per heavy atom. The van der Waals surface area contributed by atoms with Crippen LogP contribution in [0.1, 0.15) is 58.9 Å². The van der Waals surface area contributed by atoms with Crippen LogP contribution in [-0.2, 0) is 14.9 Å². The van der Waals surface area contributed by atoms with Crippen molar-refractivity contribution in [3.63, 3.8) is 0 Å². The molecule has 0 amide bonds. The maximum atomic E-state index is 12.1. The summed E-state index contributed by atoms with van der Waals surface area (Å²) in [7, 11) is 0. The summed E-state index contributed by atoms with van der Waals surface area (Å²) in [6.07, 6.45) is 3.34. The second-order valence-corrected chi connectivity index (χ2v) is 10.7. The number of fused-ring (bicyclic) bond motifs is 2. The number of carbonyl (C=O) groups is 1. The van der Waals surface area contributed by atoms with Crippen molar-refractivity contribution in [3.05, 3.63) is 54.1 Å². The molecule has 2 aliphatic rings. The van der Waals surface area contributed by atoms with Crippen molar-refractivity contribution in [2.45, 2.75) is 70.5 Å². The molecule has 2 aliphatic heterocycles. The standard InChI is InChI=1S/C29H39NO5/c1-5-22(34-23-9-7-6-8-10-23)20-32-24-11-12-25-26(19-24)33-21-29(25)14-17-30(18-15-29)16-13-27(31)35-28(2,3)4/h6-12,19,22H,5,13-18,20-21H2,1-4H3. The lowest BCUT2D eigenvalue weighted by Gasteiger charge is -2.38. The topological polar surface area (TPSA) is 57.2 Å². The van der Waals surface area contributed by atoms with Crippen molar-refractivity contribution >= 4 is 5.97 Å². The van der Waals surface area contributed by atoms with Gasteiger partial charge in [-0.15, -0.1) is 0 Å². The number of rotatable bonds is 9. The van der Waals surface area contributed by atoms with Crippen LogP contribution in [0.5, 0.6) is 17.2 Å². The first-order chi connectivity index (χ1) is 16.8. The van der Waals surface area contributed by atoms with E-state index < -0.39 is 5.60 Å². The van der Waals surface area contributed by atoms with E-state index in [-0.39, 0.29) is 17.5 Å². The van der Waals surface area contributed by atoms with E-state index in [9.17, 15) is 4.79 Å². The molecule has 2 aromatic carbocycles. The lowest BCUT2D eigenvalue weighted by Crippen LogP contribution is -2.44. The fourth-order valence-electron chi connectivity index (χ4n) is 4.82. The average molecular weight is 482 g/mol. The first-order valence-corrected chi connectivity index (χ1v) is 12.8. The molecule has 1 unspecified atom stereocenters. The Bertz CT molecular complexity index is 976. The Morgan fingerprint density at radius 3 is 2.51 bits per heavy atom. The average Bonchev–Trinajstić information content (AvgIpc) is 3.18. The summed E-state index contributed by atoms with van der Waals surface area (Å²) in [6.45, 7) is 11.7. The molecule has 1 fully saturated rings. The van der Waals surface area contributed by atoms with Crippen molar-refractivity contribution in [1.82, 2.24) is 4.90 Å². The quantitative estimate of drug-likeness (QED) is 0.448. The fraction of sp³-hybridized carbons (Fsp3) is 0.552. The van der Waals surface area contributed by atoms with Crippen molar-refractivity contribution in [1.29, 1.82) is 0 Å². The highest BCUT2D eigenvalue weighted by molar-refractivity contribution is 5.70. The smallest absolute Gasteiger partial charge is 0.307 e. The molecule has 1 saturated heterocycles. The Morgan fingerprint density at radius 1 is 1.09 bits per heavy atom. The molecule has 0 aliphatic carbocycles. The van der Waals surface area contributed by atoms with Gasteiger partial charge in [0.1, 0.15) is 35.6 Å². The SMILES string of the molecule is CCC(COc1ccc2c(c1)OCC21CCN(CCC(=O)OC(C)(C)C)CC1)Oc1ccccc1. The monoisotopic (exact) mass is 481 g/mol. The summed E-state index contributed by atoms with van der Waals surface area (Å²) in [4.78, 5) is 14.4.